The zero-order valence-electron chi connectivity index (χ0n) is 17.3. The fourth-order valence-corrected chi connectivity index (χ4v) is 4.20. The Labute approximate surface area is 172 Å². The molecule has 29 heavy (non-hydrogen) atoms. The van der Waals surface area contributed by atoms with Gasteiger partial charge in [-0.1, -0.05) is 12.1 Å². The molecule has 1 unspecified atom stereocenters. The van der Waals surface area contributed by atoms with Crippen LogP contribution >= 0.6 is 0 Å². The normalized spacial score (nSPS) is 16.9. The van der Waals surface area contributed by atoms with E-state index in [1.165, 1.54) is 17.7 Å². The number of likely N-dealkylation sites (tertiary alicyclic amines) is 1. The SMILES string of the molecule is COc1cccc(CN2CCC(Cn3c(C)cnc3-c3cccnc3)C2)c1OC. The third-order valence-corrected chi connectivity index (χ3v) is 5.66. The van der Waals surface area contributed by atoms with Crippen molar-refractivity contribution < 1.29 is 9.47 Å². The van der Waals surface area contributed by atoms with Gasteiger partial charge in [0.2, 0.25) is 0 Å². The molecule has 1 aliphatic heterocycles. The first-order chi connectivity index (χ1) is 14.2. The van der Waals surface area contributed by atoms with Gasteiger partial charge in [0, 0.05) is 55.0 Å². The Morgan fingerprint density at radius 3 is 2.76 bits per heavy atom. The van der Waals surface area contributed by atoms with Gasteiger partial charge in [-0.05, 0) is 44.0 Å². The summed E-state index contributed by atoms with van der Waals surface area (Å²) in [6.45, 7) is 6.11. The Morgan fingerprint density at radius 2 is 2.00 bits per heavy atom. The van der Waals surface area contributed by atoms with E-state index in [0.29, 0.717) is 5.92 Å². The van der Waals surface area contributed by atoms with E-state index in [9.17, 15) is 0 Å². The lowest BCUT2D eigenvalue weighted by molar-refractivity contribution is 0.297. The number of hydrogen-bond donors (Lipinski definition) is 0. The van der Waals surface area contributed by atoms with E-state index in [1.807, 2.05) is 30.6 Å². The molecule has 1 fully saturated rings. The number of pyridine rings is 1. The second-order valence-corrected chi connectivity index (χ2v) is 7.62. The van der Waals surface area contributed by atoms with Crippen LogP contribution in [-0.4, -0.2) is 46.7 Å². The van der Waals surface area contributed by atoms with Crippen molar-refractivity contribution in [3.05, 3.63) is 60.2 Å². The minimum absolute atomic E-state index is 0.593. The number of para-hydroxylation sites is 1. The quantitative estimate of drug-likeness (QED) is 0.612. The zero-order chi connectivity index (χ0) is 20.2. The minimum atomic E-state index is 0.593. The molecule has 0 saturated carbocycles. The Morgan fingerprint density at radius 1 is 1.10 bits per heavy atom. The van der Waals surface area contributed by atoms with Gasteiger partial charge >= 0.3 is 0 Å². The number of ether oxygens (including phenoxy) is 2. The van der Waals surface area contributed by atoms with Crippen LogP contribution < -0.4 is 9.47 Å². The van der Waals surface area contributed by atoms with Crippen LogP contribution in [0.1, 0.15) is 17.7 Å². The molecule has 1 aliphatic rings. The maximum atomic E-state index is 5.60. The molecule has 1 aromatic carbocycles. The van der Waals surface area contributed by atoms with E-state index in [-0.39, 0.29) is 0 Å². The van der Waals surface area contributed by atoms with Crippen molar-refractivity contribution in [1.29, 1.82) is 0 Å². The molecular formula is C23H28N4O2. The van der Waals surface area contributed by atoms with Crippen molar-refractivity contribution in [2.24, 2.45) is 5.92 Å². The first-order valence-electron chi connectivity index (χ1n) is 10.0. The van der Waals surface area contributed by atoms with Gasteiger partial charge in [-0.3, -0.25) is 9.88 Å². The molecule has 0 N–H and O–H groups in total. The minimum Gasteiger partial charge on any atom is -0.493 e. The number of rotatable bonds is 7. The summed E-state index contributed by atoms with van der Waals surface area (Å²) < 4.78 is 13.4. The van der Waals surface area contributed by atoms with Crippen LogP contribution in [0.5, 0.6) is 11.5 Å². The molecule has 6 nitrogen and oxygen atoms in total. The molecule has 1 atom stereocenters. The van der Waals surface area contributed by atoms with Gasteiger partial charge in [0.1, 0.15) is 5.82 Å². The van der Waals surface area contributed by atoms with Crippen molar-refractivity contribution in [2.75, 3.05) is 27.3 Å². The molecule has 0 aliphatic carbocycles. The van der Waals surface area contributed by atoms with E-state index < -0.39 is 0 Å². The summed E-state index contributed by atoms with van der Waals surface area (Å²) in [6, 6.07) is 10.1. The molecule has 3 aromatic rings. The molecule has 0 amide bonds. The van der Waals surface area contributed by atoms with Gasteiger partial charge in [0.15, 0.2) is 11.5 Å². The van der Waals surface area contributed by atoms with Gasteiger partial charge in [-0.25, -0.2) is 4.98 Å². The Hall–Kier alpha value is -2.86. The Balaban J connectivity index is 1.45. The van der Waals surface area contributed by atoms with Gasteiger partial charge in [0.05, 0.1) is 14.2 Å². The second-order valence-electron chi connectivity index (χ2n) is 7.62. The average molecular weight is 393 g/mol. The molecule has 3 heterocycles. The van der Waals surface area contributed by atoms with Crippen molar-refractivity contribution in [1.82, 2.24) is 19.4 Å². The van der Waals surface area contributed by atoms with Crippen molar-refractivity contribution in [3.63, 3.8) is 0 Å². The van der Waals surface area contributed by atoms with Crippen LogP contribution in [-0.2, 0) is 13.1 Å². The number of benzene rings is 1. The number of imidazole rings is 1. The van der Waals surface area contributed by atoms with Crippen LogP contribution in [0.3, 0.4) is 0 Å². The van der Waals surface area contributed by atoms with E-state index >= 15 is 0 Å². The lowest BCUT2D eigenvalue weighted by atomic mass is 10.1. The highest BCUT2D eigenvalue weighted by Crippen LogP contribution is 2.33. The monoisotopic (exact) mass is 392 g/mol. The zero-order valence-corrected chi connectivity index (χ0v) is 17.3. The number of aryl methyl sites for hydroxylation is 1. The third-order valence-electron chi connectivity index (χ3n) is 5.66. The summed E-state index contributed by atoms with van der Waals surface area (Å²) >= 11 is 0. The summed E-state index contributed by atoms with van der Waals surface area (Å²) in [5.41, 5.74) is 3.43. The van der Waals surface area contributed by atoms with Crippen LogP contribution in [0.15, 0.2) is 48.9 Å². The number of aromatic nitrogens is 3. The topological polar surface area (TPSA) is 52.4 Å². The van der Waals surface area contributed by atoms with Crippen molar-refractivity contribution >= 4 is 0 Å². The average Bonchev–Trinajstić information content (AvgIpc) is 3.35. The molecule has 152 valence electrons. The highest BCUT2D eigenvalue weighted by Gasteiger charge is 2.25. The standard InChI is InChI=1S/C23H28N4O2/c1-17-12-25-23(19-7-5-10-24-13-19)27(17)15-18-9-11-26(14-18)16-20-6-4-8-21(28-2)22(20)29-3/h4-8,10,12-13,18H,9,11,14-16H2,1-3H3. The number of nitrogens with zero attached hydrogens (tertiary/aromatic N) is 4. The fraction of sp³-hybridized carbons (Fsp3) is 0.391. The molecule has 0 bridgehead atoms. The molecule has 6 heteroatoms. The fourth-order valence-electron chi connectivity index (χ4n) is 4.20. The van der Waals surface area contributed by atoms with Gasteiger partial charge in [-0.2, -0.15) is 0 Å². The van der Waals surface area contributed by atoms with Crippen LogP contribution in [0.4, 0.5) is 0 Å². The molecule has 1 saturated heterocycles. The maximum Gasteiger partial charge on any atom is 0.165 e. The van der Waals surface area contributed by atoms with Gasteiger partial charge < -0.3 is 14.0 Å². The molecule has 2 aromatic heterocycles. The van der Waals surface area contributed by atoms with Crippen molar-refractivity contribution in [2.45, 2.75) is 26.4 Å². The second kappa shape index (κ2) is 8.66. The van der Waals surface area contributed by atoms with Crippen LogP contribution in [0.25, 0.3) is 11.4 Å². The number of methoxy groups -OCH3 is 2. The summed E-state index contributed by atoms with van der Waals surface area (Å²) in [7, 11) is 3.39. The highest BCUT2D eigenvalue weighted by molar-refractivity contribution is 5.54. The largest absolute Gasteiger partial charge is 0.493 e. The molecule has 0 spiro atoms. The van der Waals surface area contributed by atoms with Gasteiger partial charge in [0.25, 0.3) is 0 Å². The maximum absolute atomic E-state index is 5.60. The van der Waals surface area contributed by atoms with E-state index in [1.54, 1.807) is 20.4 Å². The van der Waals surface area contributed by atoms with Crippen molar-refractivity contribution in [3.8, 4) is 22.9 Å². The predicted octanol–water partition coefficient (Wildman–Crippen LogP) is 3.79. The molecule has 0 radical (unpaired) electrons. The lowest BCUT2D eigenvalue weighted by Gasteiger charge is -2.20. The van der Waals surface area contributed by atoms with Crippen LogP contribution in [0.2, 0.25) is 0 Å². The summed E-state index contributed by atoms with van der Waals surface area (Å²) in [6.07, 6.45) is 6.81. The molecule has 4 rings (SSSR count). The third kappa shape index (κ3) is 4.12. The number of hydrogen-bond acceptors (Lipinski definition) is 5. The highest BCUT2D eigenvalue weighted by atomic mass is 16.5. The summed E-state index contributed by atoms with van der Waals surface area (Å²) in [5.74, 6) is 3.22. The predicted molar refractivity (Wildman–Crippen MR) is 113 cm³/mol. The smallest absolute Gasteiger partial charge is 0.165 e. The Kier molecular flexibility index (Phi) is 5.81. The van der Waals surface area contributed by atoms with Gasteiger partial charge in [-0.15, -0.1) is 0 Å². The lowest BCUT2D eigenvalue weighted by Crippen LogP contribution is -2.22. The Bertz CT molecular complexity index is 955. The first-order valence-corrected chi connectivity index (χ1v) is 10.0. The van der Waals surface area contributed by atoms with E-state index in [4.69, 9.17) is 9.47 Å². The summed E-state index contributed by atoms with van der Waals surface area (Å²) in [4.78, 5) is 11.4. The summed E-state index contributed by atoms with van der Waals surface area (Å²) in [5, 5.41) is 0. The van der Waals surface area contributed by atoms with Crippen LogP contribution in [0, 0.1) is 12.8 Å². The molecular weight excluding hydrogens is 364 g/mol. The van der Waals surface area contributed by atoms with E-state index in [0.717, 1.165) is 49.1 Å². The van der Waals surface area contributed by atoms with E-state index in [2.05, 4.69) is 38.5 Å². The first kappa shape index (κ1) is 19.5.